The van der Waals surface area contributed by atoms with Crippen molar-refractivity contribution in [2.45, 2.75) is 46.2 Å². The van der Waals surface area contributed by atoms with Gasteiger partial charge in [0.05, 0.1) is 12.4 Å². The first kappa shape index (κ1) is 15.6. The average Bonchev–Trinajstić information content (AvgIpc) is 2.94. The van der Waals surface area contributed by atoms with Crippen molar-refractivity contribution in [2.75, 3.05) is 6.54 Å². The Labute approximate surface area is 127 Å². The molecule has 0 aliphatic heterocycles. The van der Waals surface area contributed by atoms with Crippen molar-refractivity contribution in [1.82, 2.24) is 15.1 Å². The van der Waals surface area contributed by atoms with Gasteiger partial charge in [-0.2, -0.15) is 5.10 Å². The number of rotatable bonds is 7. The van der Waals surface area contributed by atoms with E-state index in [1.165, 1.54) is 5.56 Å². The summed E-state index contributed by atoms with van der Waals surface area (Å²) in [5, 5.41) is 7.75. The molecule has 0 aliphatic rings. The number of nitrogens with zero attached hydrogens (tertiary/aromatic N) is 2. The molecule has 0 fully saturated rings. The van der Waals surface area contributed by atoms with E-state index < -0.39 is 0 Å². The fourth-order valence-corrected chi connectivity index (χ4v) is 2.10. The molecule has 1 atom stereocenters. The minimum absolute atomic E-state index is 0.343. The fourth-order valence-electron chi connectivity index (χ4n) is 2.10. The minimum atomic E-state index is 0.343. The van der Waals surface area contributed by atoms with Crippen molar-refractivity contribution in [3.05, 3.63) is 42.2 Å². The van der Waals surface area contributed by atoms with Crippen LogP contribution in [0.25, 0.3) is 0 Å². The zero-order valence-electron chi connectivity index (χ0n) is 13.3. The molecule has 2 aromatic rings. The van der Waals surface area contributed by atoms with E-state index in [0.717, 1.165) is 24.5 Å². The van der Waals surface area contributed by atoms with Crippen LogP contribution in [0, 0.1) is 0 Å². The second kappa shape index (κ2) is 7.27. The maximum Gasteiger partial charge on any atom is 0.165 e. The van der Waals surface area contributed by atoms with Crippen LogP contribution in [0.1, 0.15) is 51.8 Å². The third-order valence-electron chi connectivity index (χ3n) is 3.42. The van der Waals surface area contributed by atoms with E-state index in [1.54, 1.807) is 6.20 Å². The lowest BCUT2D eigenvalue weighted by Gasteiger charge is -2.14. The van der Waals surface area contributed by atoms with Crippen LogP contribution in [0.3, 0.4) is 0 Å². The third kappa shape index (κ3) is 4.33. The number of ether oxygens (including phenoxy) is 1. The van der Waals surface area contributed by atoms with Crippen LogP contribution in [0.15, 0.2) is 36.7 Å². The molecule has 0 aliphatic carbocycles. The summed E-state index contributed by atoms with van der Waals surface area (Å²) in [6, 6.07) is 8.93. The van der Waals surface area contributed by atoms with Crippen LogP contribution in [0.5, 0.6) is 11.5 Å². The Kier molecular flexibility index (Phi) is 5.39. The first-order valence-corrected chi connectivity index (χ1v) is 7.65. The summed E-state index contributed by atoms with van der Waals surface area (Å²) in [5.41, 5.74) is 1.27. The molecular weight excluding hydrogens is 262 g/mol. The van der Waals surface area contributed by atoms with Crippen molar-refractivity contribution >= 4 is 0 Å². The quantitative estimate of drug-likeness (QED) is 0.824. The van der Waals surface area contributed by atoms with Crippen LogP contribution in [-0.2, 0) is 0 Å². The first-order chi connectivity index (χ1) is 10.1. The van der Waals surface area contributed by atoms with E-state index in [9.17, 15) is 0 Å². The largest absolute Gasteiger partial charge is 0.454 e. The molecule has 114 valence electrons. The molecule has 4 nitrogen and oxygen atoms in total. The molecule has 0 saturated carbocycles. The summed E-state index contributed by atoms with van der Waals surface area (Å²) >= 11 is 0. The predicted octanol–water partition coefficient (Wildman–Crippen LogP) is 4.32. The van der Waals surface area contributed by atoms with Crippen molar-refractivity contribution in [1.29, 1.82) is 0 Å². The van der Waals surface area contributed by atoms with E-state index in [2.05, 4.69) is 50.2 Å². The van der Waals surface area contributed by atoms with Gasteiger partial charge in [0.1, 0.15) is 5.75 Å². The van der Waals surface area contributed by atoms with Gasteiger partial charge in [0, 0.05) is 12.1 Å². The van der Waals surface area contributed by atoms with Crippen molar-refractivity contribution in [2.24, 2.45) is 0 Å². The van der Waals surface area contributed by atoms with E-state index in [0.29, 0.717) is 12.1 Å². The Morgan fingerprint density at radius 1 is 1.14 bits per heavy atom. The van der Waals surface area contributed by atoms with E-state index >= 15 is 0 Å². The van der Waals surface area contributed by atoms with Gasteiger partial charge < -0.3 is 10.1 Å². The zero-order chi connectivity index (χ0) is 15.2. The molecule has 0 bridgehead atoms. The predicted molar refractivity (Wildman–Crippen MR) is 85.8 cm³/mol. The molecule has 1 N–H and O–H groups in total. The van der Waals surface area contributed by atoms with Crippen LogP contribution < -0.4 is 10.1 Å². The minimum Gasteiger partial charge on any atom is -0.454 e. The molecule has 4 heteroatoms. The number of aromatic nitrogens is 2. The molecule has 1 aromatic carbocycles. The van der Waals surface area contributed by atoms with Crippen molar-refractivity contribution in [3.8, 4) is 11.5 Å². The Morgan fingerprint density at radius 2 is 1.86 bits per heavy atom. The number of benzene rings is 1. The zero-order valence-corrected chi connectivity index (χ0v) is 13.3. The first-order valence-electron chi connectivity index (χ1n) is 7.65. The second-order valence-corrected chi connectivity index (χ2v) is 5.60. The molecule has 0 radical (unpaired) electrons. The van der Waals surface area contributed by atoms with Crippen LogP contribution in [0.4, 0.5) is 0 Å². The van der Waals surface area contributed by atoms with Gasteiger partial charge in [0.25, 0.3) is 0 Å². The van der Waals surface area contributed by atoms with Crippen molar-refractivity contribution in [3.63, 3.8) is 0 Å². The molecule has 21 heavy (non-hydrogen) atoms. The highest BCUT2D eigenvalue weighted by Crippen LogP contribution is 2.23. The summed E-state index contributed by atoms with van der Waals surface area (Å²) in [6.45, 7) is 9.58. The molecular formula is C17H25N3O. The molecule has 1 aromatic heterocycles. The van der Waals surface area contributed by atoms with Crippen LogP contribution in [0.2, 0.25) is 0 Å². The Bertz CT molecular complexity index is 545. The Morgan fingerprint density at radius 3 is 2.43 bits per heavy atom. The smallest absolute Gasteiger partial charge is 0.165 e. The van der Waals surface area contributed by atoms with Gasteiger partial charge in [-0.3, -0.25) is 4.68 Å². The maximum atomic E-state index is 5.82. The van der Waals surface area contributed by atoms with Gasteiger partial charge in [-0.25, -0.2) is 0 Å². The molecule has 0 spiro atoms. The van der Waals surface area contributed by atoms with E-state index in [4.69, 9.17) is 4.74 Å². The highest BCUT2D eigenvalue weighted by Gasteiger charge is 2.06. The van der Waals surface area contributed by atoms with E-state index in [1.807, 2.05) is 23.0 Å². The SMILES string of the molecule is CCCNC(C)c1ccc(Oc2cnn(C(C)C)c2)cc1. The fraction of sp³-hybridized carbons (Fsp3) is 0.471. The van der Waals surface area contributed by atoms with Crippen molar-refractivity contribution < 1.29 is 4.74 Å². The number of hydrogen-bond donors (Lipinski definition) is 1. The van der Waals surface area contributed by atoms with Gasteiger partial charge in [-0.1, -0.05) is 19.1 Å². The molecule has 0 saturated heterocycles. The molecule has 1 unspecified atom stereocenters. The monoisotopic (exact) mass is 287 g/mol. The molecule has 2 rings (SSSR count). The topological polar surface area (TPSA) is 39.1 Å². The Balaban J connectivity index is 1.98. The summed E-state index contributed by atoms with van der Waals surface area (Å²) in [6.07, 6.45) is 4.81. The average molecular weight is 287 g/mol. The summed E-state index contributed by atoms with van der Waals surface area (Å²) < 4.78 is 7.71. The van der Waals surface area contributed by atoms with Crippen LogP contribution in [-0.4, -0.2) is 16.3 Å². The van der Waals surface area contributed by atoms with E-state index in [-0.39, 0.29) is 0 Å². The maximum absolute atomic E-state index is 5.82. The summed E-state index contributed by atoms with van der Waals surface area (Å²) in [7, 11) is 0. The molecule has 0 amide bonds. The second-order valence-electron chi connectivity index (χ2n) is 5.60. The lowest BCUT2D eigenvalue weighted by atomic mass is 10.1. The number of nitrogens with one attached hydrogen (secondary N) is 1. The third-order valence-corrected chi connectivity index (χ3v) is 3.42. The molecule has 1 heterocycles. The van der Waals surface area contributed by atoms with Gasteiger partial charge in [0.2, 0.25) is 0 Å². The van der Waals surface area contributed by atoms with Gasteiger partial charge >= 0.3 is 0 Å². The van der Waals surface area contributed by atoms with Gasteiger partial charge in [-0.05, 0) is 51.4 Å². The normalized spacial score (nSPS) is 12.6. The highest BCUT2D eigenvalue weighted by atomic mass is 16.5. The highest BCUT2D eigenvalue weighted by molar-refractivity contribution is 5.32. The van der Waals surface area contributed by atoms with Crippen LogP contribution >= 0.6 is 0 Å². The lowest BCUT2D eigenvalue weighted by molar-refractivity contribution is 0.476. The standard InChI is InChI=1S/C17H25N3O/c1-5-10-18-14(4)15-6-8-16(9-7-15)21-17-11-19-20(12-17)13(2)3/h6-9,11-14,18H,5,10H2,1-4H3. The lowest BCUT2D eigenvalue weighted by Crippen LogP contribution is -2.19. The Hall–Kier alpha value is -1.81. The van der Waals surface area contributed by atoms with Gasteiger partial charge in [-0.15, -0.1) is 0 Å². The summed E-state index contributed by atoms with van der Waals surface area (Å²) in [4.78, 5) is 0. The summed E-state index contributed by atoms with van der Waals surface area (Å²) in [5.74, 6) is 1.61. The number of hydrogen-bond acceptors (Lipinski definition) is 3. The van der Waals surface area contributed by atoms with Gasteiger partial charge in [0.15, 0.2) is 5.75 Å².